The van der Waals surface area contributed by atoms with Crippen LogP contribution in [0.25, 0.3) is 11.0 Å². The van der Waals surface area contributed by atoms with Gasteiger partial charge < -0.3 is 9.67 Å². The number of hydrogen-bond acceptors (Lipinski definition) is 3. The number of aromatic nitrogens is 2. The maximum absolute atomic E-state index is 11.2. The number of nitrogens with zero attached hydrogens (tertiary/aromatic N) is 2. The number of hydrogen-bond donors (Lipinski definition) is 1. The summed E-state index contributed by atoms with van der Waals surface area (Å²) in [6.45, 7) is 5.82. The largest absolute Gasteiger partial charge is 0.480 e. The van der Waals surface area contributed by atoms with Crippen molar-refractivity contribution in [2.24, 2.45) is 0 Å². The highest BCUT2D eigenvalue weighted by Gasteiger charge is 2.21. The molecule has 96 valence electrons. The van der Waals surface area contributed by atoms with Gasteiger partial charge in [0.05, 0.1) is 11.0 Å². The number of carboxylic acids is 1. The molecule has 4 nitrogen and oxygen atoms in total. The van der Waals surface area contributed by atoms with Crippen LogP contribution in [-0.4, -0.2) is 25.9 Å². The normalized spacial score (nSPS) is 13.1. The van der Waals surface area contributed by atoms with Crippen molar-refractivity contribution < 1.29 is 9.90 Å². The van der Waals surface area contributed by atoms with Gasteiger partial charge in [0.25, 0.3) is 0 Å². The van der Waals surface area contributed by atoms with Gasteiger partial charge >= 0.3 is 5.97 Å². The summed E-state index contributed by atoms with van der Waals surface area (Å²) in [6.07, 6.45) is 0. The monoisotopic (exact) mass is 264 g/mol. The van der Waals surface area contributed by atoms with E-state index in [1.54, 1.807) is 23.3 Å². The summed E-state index contributed by atoms with van der Waals surface area (Å²) in [6, 6.07) is 7.02. The minimum atomic E-state index is -0.844. The molecule has 0 saturated carbocycles. The molecule has 1 atom stereocenters. The van der Waals surface area contributed by atoms with Crippen molar-refractivity contribution >= 4 is 28.8 Å². The first-order valence-electron chi connectivity index (χ1n) is 5.87. The molecule has 0 unspecified atom stereocenters. The van der Waals surface area contributed by atoms with E-state index in [9.17, 15) is 9.90 Å². The highest BCUT2D eigenvalue weighted by Crippen LogP contribution is 2.30. The van der Waals surface area contributed by atoms with Gasteiger partial charge in [-0.1, -0.05) is 37.7 Å². The first-order valence-corrected chi connectivity index (χ1v) is 6.75. The van der Waals surface area contributed by atoms with E-state index in [2.05, 4.69) is 18.8 Å². The van der Waals surface area contributed by atoms with Gasteiger partial charge in [-0.25, -0.2) is 9.78 Å². The number of imidazole rings is 1. The molecule has 0 aliphatic carbocycles. The molecule has 0 amide bonds. The Labute approximate surface area is 110 Å². The Bertz CT molecular complexity index is 577. The number of carbonyl (C=O) groups is 1. The second-order valence-corrected chi connectivity index (χ2v) is 5.98. The van der Waals surface area contributed by atoms with Gasteiger partial charge in [0.2, 0.25) is 0 Å². The number of benzene rings is 1. The molecule has 18 heavy (non-hydrogen) atoms. The van der Waals surface area contributed by atoms with Crippen LogP contribution >= 0.6 is 11.8 Å². The number of fused-ring (bicyclic) bond motifs is 1. The number of rotatable bonds is 4. The molecular formula is C13H16N2O2S. The van der Waals surface area contributed by atoms with E-state index in [1.807, 2.05) is 24.3 Å². The highest BCUT2D eigenvalue weighted by molar-refractivity contribution is 7.99. The van der Waals surface area contributed by atoms with Crippen molar-refractivity contribution in [2.45, 2.75) is 37.2 Å². The quantitative estimate of drug-likeness (QED) is 0.862. The zero-order valence-electron chi connectivity index (χ0n) is 10.6. The SMILES string of the molecule is CC(C)Sc1nc2ccccc2n1[C@H](C)C(=O)O. The van der Waals surface area contributed by atoms with Crippen molar-refractivity contribution in [1.29, 1.82) is 0 Å². The van der Waals surface area contributed by atoms with Gasteiger partial charge in [-0.3, -0.25) is 0 Å². The molecule has 2 rings (SSSR count). The van der Waals surface area contributed by atoms with E-state index < -0.39 is 12.0 Å². The van der Waals surface area contributed by atoms with E-state index in [4.69, 9.17) is 0 Å². The Morgan fingerprint density at radius 1 is 1.33 bits per heavy atom. The minimum Gasteiger partial charge on any atom is -0.480 e. The van der Waals surface area contributed by atoms with Gasteiger partial charge in [-0.15, -0.1) is 0 Å². The number of thioether (sulfide) groups is 1. The number of para-hydroxylation sites is 2. The van der Waals surface area contributed by atoms with Crippen molar-refractivity contribution in [2.75, 3.05) is 0 Å². The van der Waals surface area contributed by atoms with Gasteiger partial charge in [-0.05, 0) is 19.1 Å². The van der Waals surface area contributed by atoms with Crippen LogP contribution in [0.5, 0.6) is 0 Å². The van der Waals surface area contributed by atoms with Gasteiger partial charge in [0.15, 0.2) is 5.16 Å². The van der Waals surface area contributed by atoms with Gasteiger partial charge in [0, 0.05) is 5.25 Å². The lowest BCUT2D eigenvalue weighted by Crippen LogP contribution is -2.16. The average molecular weight is 264 g/mol. The fourth-order valence-corrected chi connectivity index (χ4v) is 2.74. The molecule has 0 spiro atoms. The molecule has 1 N–H and O–H groups in total. The second kappa shape index (κ2) is 5.02. The Kier molecular flexibility index (Phi) is 3.61. The summed E-state index contributed by atoms with van der Waals surface area (Å²) in [5.41, 5.74) is 1.71. The molecule has 1 aromatic heterocycles. The summed E-state index contributed by atoms with van der Waals surface area (Å²) < 4.78 is 1.79. The maximum Gasteiger partial charge on any atom is 0.326 e. The third kappa shape index (κ3) is 2.36. The Hall–Kier alpha value is -1.49. The minimum absolute atomic E-state index is 0.363. The summed E-state index contributed by atoms with van der Waals surface area (Å²) in [4.78, 5) is 15.7. The zero-order chi connectivity index (χ0) is 13.3. The smallest absolute Gasteiger partial charge is 0.326 e. The lowest BCUT2D eigenvalue weighted by Gasteiger charge is -2.14. The van der Waals surface area contributed by atoms with Crippen LogP contribution in [0.15, 0.2) is 29.4 Å². The van der Waals surface area contributed by atoms with Crippen LogP contribution in [0.3, 0.4) is 0 Å². The molecule has 0 bridgehead atoms. The van der Waals surface area contributed by atoms with E-state index in [0.29, 0.717) is 5.25 Å². The Balaban J connectivity index is 2.61. The van der Waals surface area contributed by atoms with Gasteiger partial charge in [-0.2, -0.15) is 0 Å². The predicted octanol–water partition coefficient (Wildman–Crippen LogP) is 3.18. The van der Waals surface area contributed by atoms with Crippen LogP contribution in [0.4, 0.5) is 0 Å². The highest BCUT2D eigenvalue weighted by atomic mass is 32.2. The predicted molar refractivity (Wildman–Crippen MR) is 73.1 cm³/mol. The van der Waals surface area contributed by atoms with Crippen LogP contribution in [0.2, 0.25) is 0 Å². The fourth-order valence-electron chi connectivity index (χ4n) is 1.80. The van der Waals surface area contributed by atoms with E-state index in [-0.39, 0.29) is 0 Å². The lowest BCUT2D eigenvalue weighted by atomic mass is 10.3. The number of aliphatic carboxylic acids is 1. The summed E-state index contributed by atoms with van der Waals surface area (Å²) in [5.74, 6) is -0.844. The maximum atomic E-state index is 11.2. The van der Waals surface area contributed by atoms with Crippen LogP contribution in [-0.2, 0) is 4.79 Å². The first-order chi connectivity index (χ1) is 8.50. The summed E-state index contributed by atoms with van der Waals surface area (Å²) in [7, 11) is 0. The second-order valence-electron chi connectivity index (χ2n) is 4.43. The molecule has 0 saturated heterocycles. The third-order valence-corrected chi connectivity index (χ3v) is 3.62. The molecule has 2 aromatic rings. The molecule has 1 heterocycles. The summed E-state index contributed by atoms with van der Waals surface area (Å²) >= 11 is 1.59. The van der Waals surface area contributed by atoms with Gasteiger partial charge in [0.1, 0.15) is 6.04 Å². The van der Waals surface area contributed by atoms with Crippen molar-refractivity contribution in [1.82, 2.24) is 9.55 Å². The number of carboxylic acid groups (broad SMARTS) is 1. The van der Waals surface area contributed by atoms with Crippen LogP contribution in [0, 0.1) is 0 Å². The standard InChI is InChI=1S/C13H16N2O2S/c1-8(2)18-13-14-10-6-4-5-7-11(10)15(13)9(3)12(16)17/h4-9H,1-3H3,(H,16,17)/t9-/m1/s1. The van der Waals surface area contributed by atoms with Crippen LogP contribution in [0.1, 0.15) is 26.8 Å². The van der Waals surface area contributed by atoms with Crippen molar-refractivity contribution in [3.05, 3.63) is 24.3 Å². The van der Waals surface area contributed by atoms with Crippen LogP contribution < -0.4 is 0 Å². The Morgan fingerprint density at radius 2 is 2.00 bits per heavy atom. The molecular weight excluding hydrogens is 248 g/mol. The zero-order valence-corrected chi connectivity index (χ0v) is 11.4. The third-order valence-electron chi connectivity index (χ3n) is 2.65. The average Bonchev–Trinajstić information content (AvgIpc) is 2.64. The summed E-state index contributed by atoms with van der Waals surface area (Å²) in [5, 5.41) is 10.3. The topological polar surface area (TPSA) is 55.1 Å². The molecule has 0 aliphatic heterocycles. The molecule has 5 heteroatoms. The molecule has 0 fully saturated rings. The van der Waals surface area contributed by atoms with E-state index in [0.717, 1.165) is 16.2 Å². The lowest BCUT2D eigenvalue weighted by molar-refractivity contribution is -0.140. The Morgan fingerprint density at radius 3 is 2.61 bits per heavy atom. The first kappa shape index (κ1) is 13.0. The van der Waals surface area contributed by atoms with E-state index in [1.165, 1.54) is 0 Å². The van der Waals surface area contributed by atoms with Crippen molar-refractivity contribution in [3.8, 4) is 0 Å². The molecule has 0 aliphatic rings. The molecule has 1 aromatic carbocycles. The fraction of sp³-hybridized carbons (Fsp3) is 0.385. The van der Waals surface area contributed by atoms with Crippen molar-refractivity contribution in [3.63, 3.8) is 0 Å². The van der Waals surface area contributed by atoms with E-state index >= 15 is 0 Å². The molecule has 0 radical (unpaired) electrons.